The zero-order chi connectivity index (χ0) is 19.5. The SMILES string of the molecule is O=C(Nc1ccc(OC2CCOC2)cc1)c1ccn(-c2c(F)cccc2F)n1. The lowest BCUT2D eigenvalue weighted by atomic mass is 10.2. The van der Waals surface area contributed by atoms with Crippen LogP contribution in [0.3, 0.4) is 0 Å². The number of hydrogen-bond acceptors (Lipinski definition) is 4. The van der Waals surface area contributed by atoms with Gasteiger partial charge in [0.05, 0.1) is 13.2 Å². The van der Waals surface area contributed by atoms with Gasteiger partial charge in [0, 0.05) is 18.3 Å². The molecule has 4 rings (SSSR count). The minimum absolute atomic E-state index is 0.0334. The van der Waals surface area contributed by atoms with Gasteiger partial charge in [0.25, 0.3) is 5.91 Å². The van der Waals surface area contributed by atoms with Crippen LogP contribution in [0.4, 0.5) is 14.5 Å². The maximum atomic E-state index is 13.9. The first-order chi connectivity index (χ1) is 13.6. The summed E-state index contributed by atoms with van der Waals surface area (Å²) in [5.41, 5.74) is 0.247. The molecular weight excluding hydrogens is 368 g/mol. The third kappa shape index (κ3) is 3.86. The summed E-state index contributed by atoms with van der Waals surface area (Å²) >= 11 is 0. The molecule has 0 radical (unpaired) electrons. The van der Waals surface area contributed by atoms with Crippen molar-refractivity contribution in [3.63, 3.8) is 0 Å². The second kappa shape index (κ2) is 7.77. The van der Waals surface area contributed by atoms with Crippen molar-refractivity contribution < 1.29 is 23.0 Å². The van der Waals surface area contributed by atoms with Crippen molar-refractivity contribution in [2.45, 2.75) is 12.5 Å². The van der Waals surface area contributed by atoms with Crippen molar-refractivity contribution in [3.05, 3.63) is 72.1 Å². The third-order valence-corrected chi connectivity index (χ3v) is 4.29. The standard InChI is InChI=1S/C20H17F2N3O3/c21-16-2-1-3-17(22)19(16)25-10-8-18(24-25)20(26)23-13-4-6-14(7-5-13)28-15-9-11-27-12-15/h1-8,10,15H,9,11-12H2,(H,23,26). The Hall–Kier alpha value is -3.26. The van der Waals surface area contributed by atoms with Gasteiger partial charge in [0.2, 0.25) is 0 Å². The number of anilines is 1. The molecule has 6 nitrogen and oxygen atoms in total. The van der Waals surface area contributed by atoms with Crippen molar-refractivity contribution in [1.29, 1.82) is 0 Å². The molecule has 1 aliphatic heterocycles. The van der Waals surface area contributed by atoms with Crippen LogP contribution in [-0.4, -0.2) is 35.0 Å². The lowest BCUT2D eigenvalue weighted by Crippen LogP contribution is -2.16. The number of carbonyl (C=O) groups is 1. The van der Waals surface area contributed by atoms with Crippen LogP contribution in [0.25, 0.3) is 5.69 Å². The molecule has 1 saturated heterocycles. The Kier molecular flexibility index (Phi) is 5.03. The van der Waals surface area contributed by atoms with E-state index in [1.807, 2.05) is 0 Å². The molecule has 1 aliphatic rings. The van der Waals surface area contributed by atoms with E-state index in [0.29, 0.717) is 24.7 Å². The molecule has 1 fully saturated rings. The Bertz CT molecular complexity index is 962. The van der Waals surface area contributed by atoms with Crippen molar-refractivity contribution in [1.82, 2.24) is 9.78 Å². The molecule has 0 spiro atoms. The third-order valence-electron chi connectivity index (χ3n) is 4.29. The minimum Gasteiger partial charge on any atom is -0.488 e. The fraction of sp³-hybridized carbons (Fsp3) is 0.200. The first-order valence-electron chi connectivity index (χ1n) is 8.76. The van der Waals surface area contributed by atoms with Gasteiger partial charge in [-0.25, -0.2) is 13.5 Å². The van der Waals surface area contributed by atoms with Crippen LogP contribution in [0.5, 0.6) is 5.75 Å². The van der Waals surface area contributed by atoms with Crippen molar-refractivity contribution in [2.24, 2.45) is 0 Å². The van der Waals surface area contributed by atoms with E-state index in [-0.39, 0.29) is 17.5 Å². The highest BCUT2D eigenvalue weighted by atomic mass is 19.1. The summed E-state index contributed by atoms with van der Waals surface area (Å²) in [6, 6.07) is 11.8. The van der Waals surface area contributed by atoms with E-state index >= 15 is 0 Å². The van der Waals surface area contributed by atoms with E-state index < -0.39 is 17.5 Å². The predicted molar refractivity (Wildman–Crippen MR) is 97.7 cm³/mol. The number of nitrogens with zero attached hydrogens (tertiary/aromatic N) is 2. The zero-order valence-electron chi connectivity index (χ0n) is 14.8. The first-order valence-corrected chi connectivity index (χ1v) is 8.76. The lowest BCUT2D eigenvalue weighted by Gasteiger charge is -2.12. The van der Waals surface area contributed by atoms with Gasteiger partial charge in [-0.05, 0) is 42.5 Å². The molecule has 0 saturated carbocycles. The lowest BCUT2D eigenvalue weighted by molar-refractivity contribution is 0.102. The molecule has 1 atom stereocenters. The number of aromatic nitrogens is 2. The Balaban J connectivity index is 1.43. The van der Waals surface area contributed by atoms with Crippen LogP contribution in [0.2, 0.25) is 0 Å². The first kappa shape index (κ1) is 18.1. The smallest absolute Gasteiger partial charge is 0.276 e. The maximum absolute atomic E-state index is 13.9. The Labute approximate surface area is 159 Å². The number of carbonyl (C=O) groups excluding carboxylic acids is 1. The quantitative estimate of drug-likeness (QED) is 0.729. The van der Waals surface area contributed by atoms with Crippen molar-refractivity contribution >= 4 is 11.6 Å². The zero-order valence-corrected chi connectivity index (χ0v) is 14.8. The average Bonchev–Trinajstić information content (AvgIpc) is 3.35. The van der Waals surface area contributed by atoms with Gasteiger partial charge >= 0.3 is 0 Å². The number of halogens is 2. The molecule has 0 bridgehead atoms. The van der Waals surface area contributed by atoms with Crippen LogP contribution in [0.15, 0.2) is 54.7 Å². The molecule has 8 heteroatoms. The molecule has 2 heterocycles. The van der Waals surface area contributed by atoms with Crippen molar-refractivity contribution in [2.75, 3.05) is 18.5 Å². The van der Waals surface area contributed by atoms with E-state index in [1.165, 1.54) is 18.3 Å². The van der Waals surface area contributed by atoms with Crippen LogP contribution in [0, 0.1) is 11.6 Å². The van der Waals surface area contributed by atoms with E-state index in [1.54, 1.807) is 24.3 Å². The van der Waals surface area contributed by atoms with Gasteiger partial charge < -0.3 is 14.8 Å². The largest absolute Gasteiger partial charge is 0.488 e. The number of para-hydroxylation sites is 1. The van der Waals surface area contributed by atoms with E-state index in [4.69, 9.17) is 9.47 Å². The van der Waals surface area contributed by atoms with Gasteiger partial charge in [-0.1, -0.05) is 6.07 Å². The molecule has 3 aromatic rings. The van der Waals surface area contributed by atoms with Crippen LogP contribution in [0.1, 0.15) is 16.9 Å². The second-order valence-corrected chi connectivity index (χ2v) is 6.30. The molecular formula is C20H17F2N3O3. The average molecular weight is 385 g/mol. The molecule has 1 amide bonds. The minimum atomic E-state index is -0.765. The number of nitrogens with one attached hydrogen (secondary N) is 1. The summed E-state index contributed by atoms with van der Waals surface area (Å²) in [5.74, 6) is -1.34. The molecule has 1 unspecified atom stereocenters. The van der Waals surface area contributed by atoms with Crippen LogP contribution >= 0.6 is 0 Å². The highest BCUT2D eigenvalue weighted by Gasteiger charge is 2.18. The monoisotopic (exact) mass is 385 g/mol. The van der Waals surface area contributed by atoms with E-state index in [9.17, 15) is 13.6 Å². The summed E-state index contributed by atoms with van der Waals surface area (Å²) in [4.78, 5) is 12.4. The highest BCUT2D eigenvalue weighted by molar-refractivity contribution is 6.02. The van der Waals surface area contributed by atoms with Crippen LogP contribution < -0.4 is 10.1 Å². The number of rotatable bonds is 5. The number of hydrogen-bond donors (Lipinski definition) is 1. The predicted octanol–water partition coefficient (Wildman–Crippen LogP) is 3.57. The number of benzene rings is 2. The fourth-order valence-corrected chi connectivity index (χ4v) is 2.89. The summed E-state index contributed by atoms with van der Waals surface area (Å²) < 4.78 is 39.7. The van der Waals surface area contributed by atoms with Gasteiger partial charge in [-0.3, -0.25) is 4.79 Å². The van der Waals surface area contributed by atoms with Gasteiger partial charge in [0.1, 0.15) is 17.5 Å². The molecule has 0 aliphatic carbocycles. The molecule has 1 aromatic heterocycles. The van der Waals surface area contributed by atoms with E-state index in [0.717, 1.165) is 23.2 Å². The van der Waals surface area contributed by atoms with Gasteiger partial charge in [-0.15, -0.1) is 0 Å². The normalized spacial score (nSPS) is 16.1. The maximum Gasteiger partial charge on any atom is 0.276 e. The van der Waals surface area contributed by atoms with Gasteiger partial charge in [0.15, 0.2) is 17.3 Å². The Morgan fingerprint density at radius 3 is 2.57 bits per heavy atom. The van der Waals surface area contributed by atoms with E-state index in [2.05, 4.69) is 10.4 Å². The molecule has 144 valence electrons. The summed E-state index contributed by atoms with van der Waals surface area (Å²) in [6.45, 7) is 1.27. The topological polar surface area (TPSA) is 65.4 Å². The summed E-state index contributed by atoms with van der Waals surface area (Å²) in [6.07, 6.45) is 2.23. The number of ether oxygens (including phenoxy) is 2. The Morgan fingerprint density at radius 2 is 1.89 bits per heavy atom. The fourth-order valence-electron chi connectivity index (χ4n) is 2.89. The highest BCUT2D eigenvalue weighted by Crippen LogP contribution is 2.21. The number of amides is 1. The van der Waals surface area contributed by atoms with Crippen LogP contribution in [-0.2, 0) is 4.74 Å². The second-order valence-electron chi connectivity index (χ2n) is 6.30. The Morgan fingerprint density at radius 1 is 1.14 bits per heavy atom. The summed E-state index contributed by atoms with van der Waals surface area (Å²) in [7, 11) is 0. The molecule has 2 aromatic carbocycles. The summed E-state index contributed by atoms with van der Waals surface area (Å²) in [5, 5.41) is 6.66. The van der Waals surface area contributed by atoms with Gasteiger partial charge in [-0.2, -0.15) is 5.10 Å². The van der Waals surface area contributed by atoms with Crippen molar-refractivity contribution in [3.8, 4) is 11.4 Å². The molecule has 1 N–H and O–H groups in total. The molecule has 28 heavy (non-hydrogen) atoms.